The highest BCUT2D eigenvalue weighted by Gasteiger charge is 2.24. The van der Waals surface area contributed by atoms with Gasteiger partial charge in [0, 0.05) is 15.7 Å². The van der Waals surface area contributed by atoms with E-state index in [1.165, 1.54) is 0 Å². The minimum Gasteiger partial charge on any atom is -0.329 e. The standard InChI is InChI=1S/C10H15IN2O2S/c1-10(2,7-12)13-16(14,15)9-5-3-8(11)4-6-9/h3-6,13H,7,12H2,1-2H3. The molecule has 90 valence electrons. The van der Waals surface area contributed by atoms with Gasteiger partial charge in [-0.1, -0.05) is 0 Å². The Morgan fingerprint density at radius 3 is 2.25 bits per heavy atom. The number of benzene rings is 1. The summed E-state index contributed by atoms with van der Waals surface area (Å²) in [5.41, 5.74) is 4.85. The predicted molar refractivity (Wildman–Crippen MR) is 72.6 cm³/mol. The van der Waals surface area contributed by atoms with E-state index in [1.807, 2.05) is 0 Å². The Labute approximate surface area is 110 Å². The lowest BCUT2D eigenvalue weighted by atomic mass is 10.1. The molecule has 0 aliphatic rings. The van der Waals surface area contributed by atoms with Gasteiger partial charge in [-0.05, 0) is 60.7 Å². The van der Waals surface area contributed by atoms with Crippen LogP contribution >= 0.6 is 22.6 Å². The third-order valence-corrected chi connectivity index (χ3v) is 4.48. The third-order valence-electron chi connectivity index (χ3n) is 2.04. The summed E-state index contributed by atoms with van der Waals surface area (Å²) in [6.45, 7) is 3.74. The molecule has 0 fully saturated rings. The van der Waals surface area contributed by atoms with E-state index < -0.39 is 15.6 Å². The first-order valence-electron chi connectivity index (χ1n) is 4.76. The minimum absolute atomic E-state index is 0.247. The molecule has 16 heavy (non-hydrogen) atoms. The van der Waals surface area contributed by atoms with Crippen LogP contribution < -0.4 is 10.5 Å². The largest absolute Gasteiger partial charge is 0.329 e. The molecular weight excluding hydrogens is 339 g/mol. The van der Waals surface area contributed by atoms with Crippen LogP contribution in [0.3, 0.4) is 0 Å². The van der Waals surface area contributed by atoms with E-state index in [1.54, 1.807) is 38.1 Å². The first-order valence-corrected chi connectivity index (χ1v) is 7.33. The third kappa shape index (κ3) is 3.69. The Kier molecular flexibility index (Phi) is 4.33. The molecular formula is C10H15IN2O2S. The maximum atomic E-state index is 11.9. The first-order chi connectivity index (χ1) is 7.27. The molecule has 1 aromatic carbocycles. The number of halogens is 1. The van der Waals surface area contributed by atoms with Gasteiger partial charge in [-0.3, -0.25) is 0 Å². The van der Waals surface area contributed by atoms with E-state index in [0.29, 0.717) is 0 Å². The van der Waals surface area contributed by atoms with Gasteiger partial charge in [-0.25, -0.2) is 13.1 Å². The summed E-state index contributed by atoms with van der Waals surface area (Å²) in [7, 11) is -3.48. The highest BCUT2D eigenvalue weighted by atomic mass is 127. The summed E-state index contributed by atoms with van der Waals surface area (Å²) in [6.07, 6.45) is 0. The zero-order valence-electron chi connectivity index (χ0n) is 9.20. The smallest absolute Gasteiger partial charge is 0.241 e. The second-order valence-corrected chi connectivity index (χ2v) is 7.08. The number of rotatable bonds is 4. The van der Waals surface area contributed by atoms with Crippen LogP contribution in [0.5, 0.6) is 0 Å². The van der Waals surface area contributed by atoms with E-state index >= 15 is 0 Å². The Morgan fingerprint density at radius 2 is 1.81 bits per heavy atom. The molecule has 4 nitrogen and oxygen atoms in total. The highest BCUT2D eigenvalue weighted by molar-refractivity contribution is 14.1. The van der Waals surface area contributed by atoms with Crippen LogP contribution in [0.2, 0.25) is 0 Å². The van der Waals surface area contributed by atoms with Crippen LogP contribution in [-0.2, 0) is 10.0 Å². The Bertz CT molecular complexity index is 454. The SMILES string of the molecule is CC(C)(CN)NS(=O)(=O)c1ccc(I)cc1. The summed E-state index contributed by atoms with van der Waals surface area (Å²) in [5, 5.41) is 0. The van der Waals surface area contributed by atoms with E-state index in [4.69, 9.17) is 5.73 Å². The van der Waals surface area contributed by atoms with Crippen molar-refractivity contribution in [2.45, 2.75) is 24.3 Å². The fourth-order valence-electron chi connectivity index (χ4n) is 1.08. The van der Waals surface area contributed by atoms with Gasteiger partial charge < -0.3 is 5.73 Å². The summed E-state index contributed by atoms with van der Waals surface area (Å²) in [4.78, 5) is 0.259. The molecule has 1 rings (SSSR count). The topological polar surface area (TPSA) is 72.2 Å². The van der Waals surface area contributed by atoms with E-state index in [0.717, 1.165) is 3.57 Å². The Morgan fingerprint density at radius 1 is 1.31 bits per heavy atom. The average molecular weight is 354 g/mol. The molecule has 6 heteroatoms. The van der Waals surface area contributed by atoms with Gasteiger partial charge in [0.2, 0.25) is 10.0 Å². The van der Waals surface area contributed by atoms with Crippen LogP contribution in [0.1, 0.15) is 13.8 Å². The molecule has 0 amide bonds. The van der Waals surface area contributed by atoms with Crippen molar-refractivity contribution >= 4 is 32.6 Å². The molecule has 1 aromatic rings. The summed E-state index contributed by atoms with van der Waals surface area (Å²) in [6, 6.07) is 6.67. The van der Waals surface area contributed by atoms with Gasteiger partial charge in [0.15, 0.2) is 0 Å². The lowest BCUT2D eigenvalue weighted by Crippen LogP contribution is -2.48. The van der Waals surface area contributed by atoms with Crippen LogP contribution in [-0.4, -0.2) is 20.5 Å². The van der Waals surface area contributed by atoms with E-state index in [9.17, 15) is 8.42 Å². The lowest BCUT2D eigenvalue weighted by Gasteiger charge is -2.23. The fraction of sp³-hybridized carbons (Fsp3) is 0.400. The van der Waals surface area contributed by atoms with Crippen molar-refractivity contribution in [3.8, 4) is 0 Å². The second kappa shape index (κ2) is 4.99. The minimum atomic E-state index is -3.48. The maximum absolute atomic E-state index is 11.9. The lowest BCUT2D eigenvalue weighted by molar-refractivity contribution is 0.462. The van der Waals surface area contributed by atoms with Crippen molar-refractivity contribution in [2.75, 3.05) is 6.54 Å². The van der Waals surface area contributed by atoms with Crippen molar-refractivity contribution in [3.63, 3.8) is 0 Å². The van der Waals surface area contributed by atoms with Crippen LogP contribution in [0, 0.1) is 3.57 Å². The molecule has 0 bridgehead atoms. The monoisotopic (exact) mass is 354 g/mol. The van der Waals surface area contributed by atoms with Gasteiger partial charge in [-0.15, -0.1) is 0 Å². The van der Waals surface area contributed by atoms with Crippen LogP contribution in [0.15, 0.2) is 29.2 Å². The molecule has 0 aromatic heterocycles. The van der Waals surface area contributed by atoms with E-state index in [2.05, 4.69) is 27.3 Å². The molecule has 0 aliphatic heterocycles. The first kappa shape index (κ1) is 13.9. The van der Waals surface area contributed by atoms with Gasteiger partial charge in [0.1, 0.15) is 0 Å². The molecule has 0 saturated carbocycles. The van der Waals surface area contributed by atoms with Crippen molar-refractivity contribution in [2.24, 2.45) is 5.73 Å². The Balaban J connectivity index is 2.99. The second-order valence-electron chi connectivity index (χ2n) is 4.15. The average Bonchev–Trinajstić information content (AvgIpc) is 2.17. The fourth-order valence-corrected chi connectivity index (χ4v) is 2.86. The van der Waals surface area contributed by atoms with Crippen molar-refractivity contribution in [1.82, 2.24) is 4.72 Å². The number of nitrogens with one attached hydrogen (secondary N) is 1. The summed E-state index contributed by atoms with van der Waals surface area (Å²) >= 11 is 2.13. The Hall–Kier alpha value is -0.180. The number of hydrogen-bond donors (Lipinski definition) is 2. The molecule has 0 aliphatic carbocycles. The van der Waals surface area contributed by atoms with Crippen LogP contribution in [0.25, 0.3) is 0 Å². The van der Waals surface area contributed by atoms with Crippen molar-refractivity contribution < 1.29 is 8.42 Å². The molecule has 0 radical (unpaired) electrons. The number of sulfonamides is 1. The molecule has 0 saturated heterocycles. The normalized spacial score (nSPS) is 12.8. The van der Waals surface area contributed by atoms with Gasteiger partial charge in [0.05, 0.1) is 4.90 Å². The summed E-state index contributed by atoms with van der Waals surface area (Å²) < 4.78 is 27.5. The molecule has 0 unspecified atom stereocenters. The number of hydrogen-bond acceptors (Lipinski definition) is 3. The van der Waals surface area contributed by atoms with Crippen molar-refractivity contribution in [3.05, 3.63) is 27.8 Å². The molecule has 0 atom stereocenters. The molecule has 0 spiro atoms. The van der Waals surface area contributed by atoms with Gasteiger partial charge >= 0.3 is 0 Å². The highest BCUT2D eigenvalue weighted by Crippen LogP contribution is 2.14. The van der Waals surface area contributed by atoms with Crippen molar-refractivity contribution in [1.29, 1.82) is 0 Å². The molecule has 0 heterocycles. The van der Waals surface area contributed by atoms with Gasteiger partial charge in [-0.2, -0.15) is 0 Å². The predicted octanol–water partition coefficient (Wildman–Crippen LogP) is 1.31. The van der Waals surface area contributed by atoms with E-state index in [-0.39, 0.29) is 11.4 Å². The van der Waals surface area contributed by atoms with Gasteiger partial charge in [0.25, 0.3) is 0 Å². The zero-order valence-corrected chi connectivity index (χ0v) is 12.2. The van der Waals surface area contributed by atoms with Crippen LogP contribution in [0.4, 0.5) is 0 Å². The molecule has 3 N–H and O–H groups in total. The quantitative estimate of drug-likeness (QED) is 0.801. The maximum Gasteiger partial charge on any atom is 0.241 e. The number of nitrogens with two attached hydrogens (primary N) is 1. The summed E-state index contributed by atoms with van der Waals surface area (Å²) in [5.74, 6) is 0. The zero-order chi connectivity index (χ0) is 12.4.